The predicted octanol–water partition coefficient (Wildman–Crippen LogP) is 2.95. The molecule has 1 saturated heterocycles. The first kappa shape index (κ1) is 15.3. The molecule has 1 atom stereocenters. The molecule has 0 amide bonds. The Labute approximate surface area is 129 Å². The maximum Gasteiger partial charge on any atom is 0.226 e. The summed E-state index contributed by atoms with van der Waals surface area (Å²) in [7, 11) is 0. The Hall–Kier alpha value is -1.07. The molecule has 1 aromatic carbocycles. The van der Waals surface area contributed by atoms with Crippen molar-refractivity contribution in [2.45, 2.75) is 19.0 Å². The SMILES string of the molecule is Cl.N[C@@H]1CCN(Cc2coc(-c3ccc(Cl)cc3)n2)C1. The standard InChI is InChI=1S/C14H16ClN3O.ClH/c15-11-3-1-10(2-4-11)14-17-13(9-19-14)8-18-6-5-12(16)7-18;/h1-4,9,12H,5-8,16H2;1H/t12-;/m1./s1. The molecule has 20 heavy (non-hydrogen) atoms. The van der Waals surface area contributed by atoms with E-state index in [0.29, 0.717) is 17.0 Å². The van der Waals surface area contributed by atoms with Crippen LogP contribution in [0.25, 0.3) is 11.5 Å². The zero-order chi connectivity index (χ0) is 13.2. The van der Waals surface area contributed by atoms with Gasteiger partial charge in [0.1, 0.15) is 6.26 Å². The van der Waals surface area contributed by atoms with Crippen molar-refractivity contribution < 1.29 is 4.42 Å². The first-order valence-corrected chi connectivity index (χ1v) is 6.77. The first-order valence-electron chi connectivity index (χ1n) is 6.39. The molecule has 1 aliphatic rings. The second-order valence-corrected chi connectivity index (χ2v) is 5.37. The molecule has 1 aromatic heterocycles. The molecule has 1 fully saturated rings. The summed E-state index contributed by atoms with van der Waals surface area (Å²) in [5, 5.41) is 0.710. The Morgan fingerprint density at radius 1 is 1.35 bits per heavy atom. The Morgan fingerprint density at radius 2 is 2.10 bits per heavy atom. The second kappa shape index (κ2) is 6.59. The molecule has 0 saturated carbocycles. The highest BCUT2D eigenvalue weighted by molar-refractivity contribution is 6.30. The van der Waals surface area contributed by atoms with Gasteiger partial charge in [-0.15, -0.1) is 12.4 Å². The molecule has 2 aromatic rings. The number of hydrogen-bond acceptors (Lipinski definition) is 4. The number of rotatable bonds is 3. The van der Waals surface area contributed by atoms with Gasteiger partial charge >= 0.3 is 0 Å². The lowest BCUT2D eigenvalue weighted by molar-refractivity contribution is 0.322. The summed E-state index contributed by atoms with van der Waals surface area (Å²) in [5.74, 6) is 0.634. The maximum atomic E-state index is 5.89. The molecule has 108 valence electrons. The van der Waals surface area contributed by atoms with Crippen LogP contribution in [0.3, 0.4) is 0 Å². The topological polar surface area (TPSA) is 55.3 Å². The van der Waals surface area contributed by atoms with Gasteiger partial charge in [-0.1, -0.05) is 11.6 Å². The van der Waals surface area contributed by atoms with E-state index in [1.165, 1.54) is 0 Å². The number of hydrogen-bond donors (Lipinski definition) is 1. The largest absolute Gasteiger partial charge is 0.444 e. The van der Waals surface area contributed by atoms with Crippen molar-refractivity contribution >= 4 is 24.0 Å². The molecule has 2 N–H and O–H groups in total. The van der Waals surface area contributed by atoms with Gasteiger partial charge in [-0.05, 0) is 30.7 Å². The smallest absolute Gasteiger partial charge is 0.226 e. The van der Waals surface area contributed by atoms with Gasteiger partial charge in [0.05, 0.1) is 5.69 Å². The molecule has 0 spiro atoms. The number of nitrogens with two attached hydrogens (primary N) is 1. The molecular weight excluding hydrogens is 297 g/mol. The molecule has 6 heteroatoms. The summed E-state index contributed by atoms with van der Waals surface area (Å²) >= 11 is 5.86. The lowest BCUT2D eigenvalue weighted by Crippen LogP contribution is -2.26. The number of oxazole rings is 1. The van der Waals surface area contributed by atoms with Crippen molar-refractivity contribution in [1.29, 1.82) is 0 Å². The van der Waals surface area contributed by atoms with Crippen LogP contribution in [0.5, 0.6) is 0 Å². The quantitative estimate of drug-likeness (QED) is 0.946. The van der Waals surface area contributed by atoms with E-state index >= 15 is 0 Å². The summed E-state index contributed by atoms with van der Waals surface area (Å²) in [5.41, 5.74) is 7.77. The van der Waals surface area contributed by atoms with Crippen LogP contribution in [-0.2, 0) is 6.54 Å². The van der Waals surface area contributed by atoms with Gasteiger partial charge in [0.2, 0.25) is 5.89 Å². The number of nitrogens with zero attached hydrogens (tertiary/aromatic N) is 2. The fraction of sp³-hybridized carbons (Fsp3) is 0.357. The van der Waals surface area contributed by atoms with Crippen LogP contribution in [0.1, 0.15) is 12.1 Å². The zero-order valence-corrected chi connectivity index (χ0v) is 12.5. The van der Waals surface area contributed by atoms with Gasteiger partial charge in [-0.3, -0.25) is 4.90 Å². The van der Waals surface area contributed by atoms with E-state index in [0.717, 1.165) is 37.3 Å². The highest BCUT2D eigenvalue weighted by Gasteiger charge is 2.20. The summed E-state index contributed by atoms with van der Waals surface area (Å²) in [6.45, 7) is 2.76. The fourth-order valence-corrected chi connectivity index (χ4v) is 2.47. The van der Waals surface area contributed by atoms with Crippen LogP contribution in [0.2, 0.25) is 5.02 Å². The third-order valence-corrected chi connectivity index (χ3v) is 3.59. The van der Waals surface area contributed by atoms with Crippen LogP contribution in [0.15, 0.2) is 34.9 Å². The van der Waals surface area contributed by atoms with Gasteiger partial charge < -0.3 is 10.2 Å². The van der Waals surface area contributed by atoms with Crippen molar-refractivity contribution in [3.05, 3.63) is 41.2 Å². The summed E-state index contributed by atoms with van der Waals surface area (Å²) in [6, 6.07) is 7.77. The molecule has 1 aliphatic heterocycles. The minimum atomic E-state index is 0. The Bertz CT molecular complexity index is 556. The van der Waals surface area contributed by atoms with E-state index in [-0.39, 0.29) is 12.4 Å². The Balaban J connectivity index is 0.00000147. The van der Waals surface area contributed by atoms with Crippen LogP contribution < -0.4 is 5.73 Å². The Morgan fingerprint density at radius 3 is 2.75 bits per heavy atom. The molecule has 0 radical (unpaired) electrons. The van der Waals surface area contributed by atoms with Crippen LogP contribution >= 0.6 is 24.0 Å². The Kier molecular flexibility index (Phi) is 5.05. The third-order valence-electron chi connectivity index (χ3n) is 3.34. The molecule has 0 bridgehead atoms. The second-order valence-electron chi connectivity index (χ2n) is 4.93. The number of halogens is 2. The number of benzene rings is 1. The van der Waals surface area contributed by atoms with Gasteiger partial charge in [0, 0.05) is 36.3 Å². The van der Waals surface area contributed by atoms with Gasteiger partial charge in [-0.2, -0.15) is 0 Å². The van der Waals surface area contributed by atoms with Gasteiger partial charge in [0.15, 0.2) is 0 Å². The van der Waals surface area contributed by atoms with E-state index in [9.17, 15) is 0 Å². The normalized spacial score (nSPS) is 19.0. The van der Waals surface area contributed by atoms with Crippen molar-refractivity contribution in [2.24, 2.45) is 5.73 Å². The molecule has 0 aliphatic carbocycles. The van der Waals surface area contributed by atoms with E-state index in [1.807, 2.05) is 24.3 Å². The zero-order valence-electron chi connectivity index (χ0n) is 11.0. The molecule has 0 unspecified atom stereocenters. The van der Waals surface area contributed by atoms with Crippen LogP contribution in [-0.4, -0.2) is 29.0 Å². The van der Waals surface area contributed by atoms with Crippen molar-refractivity contribution in [3.63, 3.8) is 0 Å². The molecular formula is C14H17Cl2N3O. The minimum Gasteiger partial charge on any atom is -0.444 e. The van der Waals surface area contributed by atoms with Crippen LogP contribution in [0, 0.1) is 0 Å². The van der Waals surface area contributed by atoms with E-state index in [1.54, 1.807) is 6.26 Å². The molecule has 2 heterocycles. The molecule has 3 rings (SSSR count). The lowest BCUT2D eigenvalue weighted by atomic mass is 10.2. The van der Waals surface area contributed by atoms with Gasteiger partial charge in [-0.25, -0.2) is 4.98 Å². The van der Waals surface area contributed by atoms with E-state index < -0.39 is 0 Å². The number of aromatic nitrogens is 1. The summed E-state index contributed by atoms with van der Waals surface area (Å²) in [6.07, 6.45) is 2.77. The molecule has 4 nitrogen and oxygen atoms in total. The highest BCUT2D eigenvalue weighted by Crippen LogP contribution is 2.21. The van der Waals surface area contributed by atoms with Gasteiger partial charge in [0.25, 0.3) is 0 Å². The van der Waals surface area contributed by atoms with E-state index in [2.05, 4.69) is 9.88 Å². The van der Waals surface area contributed by atoms with Crippen molar-refractivity contribution in [2.75, 3.05) is 13.1 Å². The van der Waals surface area contributed by atoms with Crippen LogP contribution in [0.4, 0.5) is 0 Å². The monoisotopic (exact) mass is 313 g/mol. The first-order chi connectivity index (χ1) is 9.20. The minimum absolute atomic E-state index is 0. The van der Waals surface area contributed by atoms with E-state index in [4.69, 9.17) is 21.8 Å². The summed E-state index contributed by atoms with van der Waals surface area (Å²) in [4.78, 5) is 6.81. The van der Waals surface area contributed by atoms with Crippen molar-refractivity contribution in [1.82, 2.24) is 9.88 Å². The van der Waals surface area contributed by atoms with Crippen molar-refractivity contribution in [3.8, 4) is 11.5 Å². The number of likely N-dealkylation sites (tertiary alicyclic amines) is 1. The highest BCUT2D eigenvalue weighted by atomic mass is 35.5. The average molecular weight is 314 g/mol. The third kappa shape index (κ3) is 3.52. The predicted molar refractivity (Wildman–Crippen MR) is 82.1 cm³/mol. The lowest BCUT2D eigenvalue weighted by Gasteiger charge is -2.12. The maximum absolute atomic E-state index is 5.89. The summed E-state index contributed by atoms with van der Waals surface area (Å²) < 4.78 is 5.52. The fourth-order valence-electron chi connectivity index (χ4n) is 2.34. The average Bonchev–Trinajstić information content (AvgIpc) is 3.00.